The number of nitrogens with zero attached hydrogens (tertiary/aromatic N) is 1. The van der Waals surface area contributed by atoms with Gasteiger partial charge >= 0.3 is 0 Å². The summed E-state index contributed by atoms with van der Waals surface area (Å²) in [4.78, 5) is 3.93. The molecule has 3 N–H and O–H groups in total. The van der Waals surface area contributed by atoms with Crippen LogP contribution >= 0.6 is 15.9 Å². The minimum Gasteiger partial charge on any atom is -0.392 e. The van der Waals surface area contributed by atoms with Gasteiger partial charge in [0.15, 0.2) is 0 Å². The van der Waals surface area contributed by atoms with E-state index in [0.717, 1.165) is 0 Å². The van der Waals surface area contributed by atoms with Crippen LogP contribution in [-0.2, 0) is 6.61 Å². The number of rotatable bonds is 4. The van der Waals surface area contributed by atoms with E-state index in [0.29, 0.717) is 11.3 Å². The van der Waals surface area contributed by atoms with Gasteiger partial charge in [0.25, 0.3) is 0 Å². The summed E-state index contributed by atoms with van der Waals surface area (Å²) in [6.07, 6.45) is -0.399. The highest BCUT2D eigenvalue weighted by atomic mass is 79.9. The van der Waals surface area contributed by atoms with Gasteiger partial charge in [-0.05, 0) is 11.6 Å². The Bertz CT molecular complexity index is 278. The van der Waals surface area contributed by atoms with Crippen LogP contribution in [0.3, 0.4) is 0 Å². The lowest BCUT2D eigenvalue weighted by molar-refractivity contribution is 0.0315. The summed E-state index contributed by atoms with van der Waals surface area (Å²) in [6, 6.07) is 3.24. The molecule has 1 heterocycles. The summed E-state index contributed by atoms with van der Waals surface area (Å²) in [5, 5.41) is 27.9. The number of halogens is 1. The number of aliphatic hydroxyl groups is 3. The quantitative estimate of drug-likeness (QED) is 0.685. The average molecular weight is 262 g/mol. The molecule has 0 aromatic carbocycles. The van der Waals surface area contributed by atoms with Crippen molar-refractivity contribution >= 4 is 15.9 Å². The average Bonchev–Trinajstić information content (AvgIpc) is 2.27. The van der Waals surface area contributed by atoms with Gasteiger partial charge in [-0.25, -0.2) is 0 Å². The molecule has 14 heavy (non-hydrogen) atoms. The van der Waals surface area contributed by atoms with Gasteiger partial charge in [0.05, 0.1) is 18.4 Å². The Kier molecular flexibility index (Phi) is 4.47. The Labute approximate surface area is 90.4 Å². The molecule has 0 amide bonds. The number of pyridine rings is 1. The topological polar surface area (TPSA) is 73.6 Å². The molecule has 4 nitrogen and oxygen atoms in total. The van der Waals surface area contributed by atoms with E-state index in [1.807, 2.05) is 0 Å². The van der Waals surface area contributed by atoms with E-state index in [1.165, 1.54) is 6.20 Å². The van der Waals surface area contributed by atoms with E-state index in [4.69, 9.17) is 5.11 Å². The van der Waals surface area contributed by atoms with Crippen LogP contribution in [0.25, 0.3) is 0 Å². The first-order valence-corrected chi connectivity index (χ1v) is 5.29. The third kappa shape index (κ3) is 2.75. The lowest BCUT2D eigenvalue weighted by Crippen LogP contribution is -2.20. The minimum absolute atomic E-state index is 0.0790. The summed E-state index contributed by atoms with van der Waals surface area (Å²) in [6.45, 7) is -0.0790. The molecule has 0 saturated heterocycles. The SMILES string of the molecule is OCc1ccc(C(O)C(O)CBr)nc1. The molecule has 78 valence electrons. The van der Waals surface area contributed by atoms with Gasteiger partial charge < -0.3 is 15.3 Å². The molecule has 2 atom stereocenters. The zero-order valence-electron chi connectivity index (χ0n) is 7.47. The second-order valence-corrected chi connectivity index (χ2v) is 3.56. The van der Waals surface area contributed by atoms with Gasteiger partial charge in [-0.1, -0.05) is 22.0 Å². The van der Waals surface area contributed by atoms with Crippen molar-refractivity contribution in [3.05, 3.63) is 29.6 Å². The van der Waals surface area contributed by atoms with E-state index in [-0.39, 0.29) is 11.9 Å². The number of aromatic nitrogens is 1. The Morgan fingerprint density at radius 3 is 2.50 bits per heavy atom. The number of alkyl halides is 1. The molecular formula is C9H12BrNO3. The van der Waals surface area contributed by atoms with Crippen molar-refractivity contribution in [2.75, 3.05) is 5.33 Å². The Balaban J connectivity index is 2.75. The molecule has 0 aliphatic rings. The fourth-order valence-corrected chi connectivity index (χ4v) is 1.34. The van der Waals surface area contributed by atoms with Gasteiger partial charge in [0, 0.05) is 11.5 Å². The summed E-state index contributed by atoms with van der Waals surface area (Å²) >= 11 is 3.06. The molecule has 1 aromatic heterocycles. The van der Waals surface area contributed by atoms with E-state index in [1.54, 1.807) is 12.1 Å². The fourth-order valence-electron chi connectivity index (χ4n) is 0.986. The van der Waals surface area contributed by atoms with Crippen molar-refractivity contribution in [2.24, 2.45) is 0 Å². The van der Waals surface area contributed by atoms with Gasteiger partial charge in [0.2, 0.25) is 0 Å². The highest BCUT2D eigenvalue weighted by Crippen LogP contribution is 2.16. The molecule has 1 aromatic rings. The van der Waals surface area contributed by atoms with Crippen molar-refractivity contribution < 1.29 is 15.3 Å². The van der Waals surface area contributed by atoms with Gasteiger partial charge in [-0.2, -0.15) is 0 Å². The van der Waals surface area contributed by atoms with E-state index in [2.05, 4.69) is 20.9 Å². The third-order valence-electron chi connectivity index (χ3n) is 1.86. The summed E-state index contributed by atoms with van der Waals surface area (Å²) in [7, 11) is 0. The van der Waals surface area contributed by atoms with Crippen LogP contribution in [-0.4, -0.2) is 31.7 Å². The highest BCUT2D eigenvalue weighted by molar-refractivity contribution is 9.09. The van der Waals surface area contributed by atoms with Crippen LogP contribution < -0.4 is 0 Å². The van der Waals surface area contributed by atoms with E-state index < -0.39 is 12.2 Å². The predicted octanol–water partition coefficient (Wildman–Crippen LogP) is 0.363. The van der Waals surface area contributed by atoms with Crippen LogP contribution in [0.2, 0.25) is 0 Å². The molecule has 0 bridgehead atoms. The maximum absolute atomic E-state index is 9.55. The molecule has 0 radical (unpaired) electrons. The monoisotopic (exact) mass is 261 g/mol. The number of hydrogen-bond donors (Lipinski definition) is 3. The molecule has 0 saturated carbocycles. The van der Waals surface area contributed by atoms with Crippen LogP contribution in [0, 0.1) is 0 Å². The highest BCUT2D eigenvalue weighted by Gasteiger charge is 2.17. The summed E-state index contributed by atoms with van der Waals surface area (Å²) < 4.78 is 0. The zero-order valence-corrected chi connectivity index (χ0v) is 9.05. The largest absolute Gasteiger partial charge is 0.392 e. The summed E-state index contributed by atoms with van der Waals surface area (Å²) in [5.74, 6) is 0. The molecule has 0 aliphatic heterocycles. The Morgan fingerprint density at radius 2 is 2.07 bits per heavy atom. The van der Waals surface area contributed by atoms with Gasteiger partial charge in [-0.3, -0.25) is 4.98 Å². The minimum atomic E-state index is -0.998. The first-order valence-electron chi connectivity index (χ1n) is 4.16. The molecule has 5 heteroatoms. The first kappa shape index (κ1) is 11.6. The van der Waals surface area contributed by atoms with Crippen LogP contribution in [0.5, 0.6) is 0 Å². The Hall–Kier alpha value is -0.490. The Morgan fingerprint density at radius 1 is 1.36 bits per heavy atom. The third-order valence-corrected chi connectivity index (χ3v) is 2.52. The van der Waals surface area contributed by atoms with Crippen molar-refractivity contribution in [2.45, 2.75) is 18.8 Å². The van der Waals surface area contributed by atoms with Gasteiger partial charge in [0.1, 0.15) is 6.10 Å². The second-order valence-electron chi connectivity index (χ2n) is 2.92. The van der Waals surface area contributed by atoms with E-state index >= 15 is 0 Å². The molecule has 0 fully saturated rings. The van der Waals surface area contributed by atoms with Crippen molar-refractivity contribution in [1.82, 2.24) is 4.98 Å². The molecule has 0 aliphatic carbocycles. The predicted molar refractivity (Wildman–Crippen MR) is 54.9 cm³/mol. The van der Waals surface area contributed by atoms with Crippen molar-refractivity contribution in [1.29, 1.82) is 0 Å². The number of aliphatic hydroxyl groups excluding tert-OH is 3. The smallest absolute Gasteiger partial charge is 0.123 e. The first-order chi connectivity index (χ1) is 6.69. The van der Waals surface area contributed by atoms with Crippen molar-refractivity contribution in [3.8, 4) is 0 Å². The second kappa shape index (κ2) is 5.41. The normalized spacial score (nSPS) is 15.1. The van der Waals surface area contributed by atoms with Crippen LogP contribution in [0.15, 0.2) is 18.3 Å². The lowest BCUT2D eigenvalue weighted by Gasteiger charge is -2.14. The van der Waals surface area contributed by atoms with E-state index in [9.17, 15) is 10.2 Å². The lowest BCUT2D eigenvalue weighted by atomic mass is 10.1. The summed E-state index contributed by atoms with van der Waals surface area (Å²) in [5.41, 5.74) is 1.07. The number of hydrogen-bond acceptors (Lipinski definition) is 4. The zero-order chi connectivity index (χ0) is 10.6. The maximum Gasteiger partial charge on any atom is 0.123 e. The maximum atomic E-state index is 9.55. The molecular weight excluding hydrogens is 250 g/mol. The molecule has 0 spiro atoms. The van der Waals surface area contributed by atoms with Gasteiger partial charge in [-0.15, -0.1) is 0 Å². The van der Waals surface area contributed by atoms with Crippen molar-refractivity contribution in [3.63, 3.8) is 0 Å². The van der Waals surface area contributed by atoms with Crippen LogP contribution in [0.1, 0.15) is 17.4 Å². The molecule has 1 rings (SSSR count). The standard InChI is InChI=1S/C9H12BrNO3/c10-3-8(13)9(14)7-2-1-6(5-12)4-11-7/h1-2,4,8-9,12-14H,3,5H2. The molecule has 2 unspecified atom stereocenters. The van der Waals surface area contributed by atoms with Crippen LogP contribution in [0.4, 0.5) is 0 Å². The fraction of sp³-hybridized carbons (Fsp3) is 0.444.